The second-order valence-corrected chi connectivity index (χ2v) is 8.34. The lowest BCUT2D eigenvalue weighted by Gasteiger charge is -2.32. The number of nitrogens with one attached hydrogen (secondary N) is 3. The first kappa shape index (κ1) is 20.6. The van der Waals surface area contributed by atoms with Gasteiger partial charge < -0.3 is 15.5 Å². The van der Waals surface area contributed by atoms with E-state index >= 15 is 0 Å². The summed E-state index contributed by atoms with van der Waals surface area (Å²) in [5.41, 5.74) is 2.31. The summed E-state index contributed by atoms with van der Waals surface area (Å²) >= 11 is 0. The molecule has 2 amide bonds. The predicted molar refractivity (Wildman–Crippen MR) is 115 cm³/mol. The van der Waals surface area contributed by atoms with Gasteiger partial charge in [0.2, 0.25) is 0 Å². The number of aromatic amines is 1. The highest BCUT2D eigenvalue weighted by Crippen LogP contribution is 2.20. The Labute approximate surface area is 177 Å². The summed E-state index contributed by atoms with van der Waals surface area (Å²) in [7, 11) is 2.14. The van der Waals surface area contributed by atoms with Crippen LogP contribution in [0.25, 0.3) is 0 Å². The summed E-state index contributed by atoms with van der Waals surface area (Å²) in [6, 6.07) is 7.87. The van der Waals surface area contributed by atoms with Crippen molar-refractivity contribution < 1.29 is 9.59 Å². The van der Waals surface area contributed by atoms with E-state index in [4.69, 9.17) is 0 Å². The third kappa shape index (κ3) is 5.06. The fourth-order valence-corrected chi connectivity index (χ4v) is 4.15. The Morgan fingerprint density at radius 3 is 2.67 bits per heavy atom. The number of carbonyl (C=O) groups excluding carboxylic acids is 2. The number of nitrogens with zero attached hydrogens (tertiary/aromatic N) is 3. The SMILES string of the molecule is CN1CCN(Cc2cccc(C(=O)Nc3c[nH]nc3C(=O)NC3CCCC3)c2)CC1. The molecule has 0 atom stereocenters. The molecule has 3 N–H and O–H groups in total. The molecule has 2 aromatic rings. The van der Waals surface area contributed by atoms with Crippen molar-refractivity contribution in [2.75, 3.05) is 38.5 Å². The highest BCUT2D eigenvalue weighted by Gasteiger charge is 2.22. The second-order valence-electron chi connectivity index (χ2n) is 8.34. The molecule has 30 heavy (non-hydrogen) atoms. The Bertz CT molecular complexity index is 881. The van der Waals surface area contributed by atoms with E-state index in [0.29, 0.717) is 11.3 Å². The van der Waals surface area contributed by atoms with E-state index in [1.807, 2.05) is 18.2 Å². The molecule has 1 saturated heterocycles. The van der Waals surface area contributed by atoms with Crippen molar-refractivity contribution >= 4 is 17.5 Å². The van der Waals surface area contributed by atoms with Gasteiger partial charge in [0.15, 0.2) is 5.69 Å². The van der Waals surface area contributed by atoms with E-state index in [1.165, 1.54) is 0 Å². The largest absolute Gasteiger partial charge is 0.348 e. The van der Waals surface area contributed by atoms with Crippen LogP contribution >= 0.6 is 0 Å². The fraction of sp³-hybridized carbons (Fsp3) is 0.500. The summed E-state index contributed by atoms with van der Waals surface area (Å²) in [4.78, 5) is 30.1. The number of hydrogen-bond donors (Lipinski definition) is 3. The summed E-state index contributed by atoms with van der Waals surface area (Å²) in [5, 5.41) is 12.6. The van der Waals surface area contributed by atoms with Crippen molar-refractivity contribution in [1.29, 1.82) is 0 Å². The third-order valence-corrected chi connectivity index (χ3v) is 5.99. The van der Waals surface area contributed by atoms with Gasteiger partial charge in [0, 0.05) is 50.5 Å². The maximum atomic E-state index is 12.8. The third-order valence-electron chi connectivity index (χ3n) is 5.99. The topological polar surface area (TPSA) is 93.4 Å². The molecule has 160 valence electrons. The Kier molecular flexibility index (Phi) is 6.44. The van der Waals surface area contributed by atoms with Crippen LogP contribution in [-0.4, -0.2) is 71.1 Å². The Balaban J connectivity index is 1.38. The van der Waals surface area contributed by atoms with Gasteiger partial charge in [-0.15, -0.1) is 0 Å². The number of rotatable bonds is 6. The van der Waals surface area contributed by atoms with Crippen molar-refractivity contribution in [3.63, 3.8) is 0 Å². The highest BCUT2D eigenvalue weighted by atomic mass is 16.2. The zero-order chi connectivity index (χ0) is 20.9. The molecule has 1 aliphatic carbocycles. The summed E-state index contributed by atoms with van der Waals surface area (Å²) in [5.74, 6) is -0.492. The minimum atomic E-state index is -0.248. The molecule has 1 aromatic heterocycles. The van der Waals surface area contributed by atoms with Crippen LogP contribution in [0, 0.1) is 0 Å². The molecule has 0 spiro atoms. The van der Waals surface area contributed by atoms with Crippen molar-refractivity contribution in [2.24, 2.45) is 0 Å². The van der Waals surface area contributed by atoms with Crippen LogP contribution in [0.15, 0.2) is 30.5 Å². The monoisotopic (exact) mass is 410 g/mol. The standard InChI is InChI=1S/C22H30N6O2/c1-27-9-11-28(12-10-27)15-16-5-4-6-17(13-16)21(29)25-19-14-23-26-20(19)22(30)24-18-7-2-3-8-18/h4-6,13-14,18H,2-3,7-12,15H2,1H3,(H,23,26)(H,24,30)(H,25,29). The number of hydrogen-bond acceptors (Lipinski definition) is 5. The van der Waals surface area contributed by atoms with Crippen LogP contribution < -0.4 is 10.6 Å². The average Bonchev–Trinajstić information content (AvgIpc) is 3.42. The molecule has 2 aliphatic rings. The van der Waals surface area contributed by atoms with E-state index in [-0.39, 0.29) is 23.6 Å². The molecule has 4 rings (SSSR count). The highest BCUT2D eigenvalue weighted by molar-refractivity contribution is 6.08. The van der Waals surface area contributed by atoms with Gasteiger partial charge in [-0.25, -0.2) is 0 Å². The second kappa shape index (κ2) is 9.40. The Morgan fingerprint density at radius 1 is 1.13 bits per heavy atom. The van der Waals surface area contributed by atoms with Crippen molar-refractivity contribution in [3.05, 3.63) is 47.3 Å². The summed E-state index contributed by atoms with van der Waals surface area (Å²) < 4.78 is 0. The minimum Gasteiger partial charge on any atom is -0.348 e. The van der Waals surface area contributed by atoms with Gasteiger partial charge in [0.25, 0.3) is 11.8 Å². The van der Waals surface area contributed by atoms with Crippen molar-refractivity contribution in [2.45, 2.75) is 38.3 Å². The van der Waals surface area contributed by atoms with Crippen LogP contribution in [0.5, 0.6) is 0 Å². The van der Waals surface area contributed by atoms with E-state index in [9.17, 15) is 9.59 Å². The molecule has 8 heteroatoms. The molecule has 0 radical (unpaired) electrons. The smallest absolute Gasteiger partial charge is 0.274 e. The lowest BCUT2D eigenvalue weighted by atomic mass is 10.1. The minimum absolute atomic E-state index is 0.198. The fourth-order valence-electron chi connectivity index (χ4n) is 4.15. The molecule has 8 nitrogen and oxygen atoms in total. The number of aromatic nitrogens is 2. The maximum absolute atomic E-state index is 12.8. The van der Waals surface area contributed by atoms with Crippen LogP contribution in [0.2, 0.25) is 0 Å². The van der Waals surface area contributed by atoms with Gasteiger partial charge in [0.05, 0.1) is 5.69 Å². The first-order valence-corrected chi connectivity index (χ1v) is 10.7. The molecule has 0 bridgehead atoms. The number of carbonyl (C=O) groups is 2. The number of anilines is 1. The molecule has 0 unspecified atom stereocenters. The molecular formula is C22H30N6O2. The zero-order valence-corrected chi connectivity index (χ0v) is 17.5. The van der Waals surface area contributed by atoms with Gasteiger partial charge in [0.1, 0.15) is 0 Å². The summed E-state index contributed by atoms with van der Waals surface area (Å²) in [6.07, 6.45) is 5.82. The number of likely N-dealkylation sites (N-methyl/N-ethyl adjacent to an activating group) is 1. The van der Waals surface area contributed by atoms with Gasteiger partial charge >= 0.3 is 0 Å². The van der Waals surface area contributed by atoms with E-state index in [2.05, 4.69) is 37.7 Å². The Hall–Kier alpha value is -2.71. The number of H-pyrrole nitrogens is 1. The first-order chi connectivity index (χ1) is 14.6. The predicted octanol–water partition coefficient (Wildman–Crippen LogP) is 2.08. The quantitative estimate of drug-likeness (QED) is 0.678. The van der Waals surface area contributed by atoms with Crippen molar-refractivity contribution in [3.8, 4) is 0 Å². The van der Waals surface area contributed by atoms with Crippen LogP contribution in [0.4, 0.5) is 5.69 Å². The molecule has 1 aromatic carbocycles. The van der Waals surface area contributed by atoms with Gasteiger partial charge in [-0.05, 0) is 37.6 Å². The van der Waals surface area contributed by atoms with E-state index in [0.717, 1.165) is 64.0 Å². The molecule has 2 heterocycles. The maximum Gasteiger partial charge on any atom is 0.274 e. The molecular weight excluding hydrogens is 380 g/mol. The lowest BCUT2D eigenvalue weighted by molar-refractivity contribution is 0.0933. The number of piperazine rings is 1. The Morgan fingerprint density at radius 2 is 1.90 bits per heavy atom. The first-order valence-electron chi connectivity index (χ1n) is 10.7. The van der Waals surface area contributed by atoms with Crippen molar-refractivity contribution in [1.82, 2.24) is 25.3 Å². The lowest BCUT2D eigenvalue weighted by Crippen LogP contribution is -2.43. The molecule has 1 aliphatic heterocycles. The summed E-state index contributed by atoms with van der Waals surface area (Å²) in [6.45, 7) is 5.01. The van der Waals surface area contributed by atoms with Crippen LogP contribution in [0.1, 0.15) is 52.1 Å². The normalized spacial score (nSPS) is 18.4. The molecule has 2 fully saturated rings. The molecule has 1 saturated carbocycles. The number of amides is 2. The van der Waals surface area contributed by atoms with E-state index < -0.39 is 0 Å². The van der Waals surface area contributed by atoms with Gasteiger partial charge in [-0.3, -0.25) is 19.6 Å². The van der Waals surface area contributed by atoms with Crippen LogP contribution in [0.3, 0.4) is 0 Å². The van der Waals surface area contributed by atoms with Gasteiger partial charge in [-0.2, -0.15) is 5.10 Å². The van der Waals surface area contributed by atoms with E-state index in [1.54, 1.807) is 12.3 Å². The van der Waals surface area contributed by atoms with Crippen LogP contribution in [-0.2, 0) is 6.54 Å². The average molecular weight is 411 g/mol. The number of benzene rings is 1. The zero-order valence-electron chi connectivity index (χ0n) is 17.5. The van der Waals surface area contributed by atoms with Gasteiger partial charge in [-0.1, -0.05) is 25.0 Å².